The summed E-state index contributed by atoms with van der Waals surface area (Å²) in [5.41, 5.74) is 2.10. The van der Waals surface area contributed by atoms with E-state index in [-0.39, 0.29) is 5.91 Å². The van der Waals surface area contributed by atoms with Gasteiger partial charge in [0.15, 0.2) is 0 Å². The zero-order valence-corrected chi connectivity index (χ0v) is 14.7. The van der Waals surface area contributed by atoms with E-state index in [9.17, 15) is 4.79 Å². The molecule has 0 aliphatic carbocycles. The molecular formula is C21H22N4O. The molecule has 1 aliphatic heterocycles. The Hall–Kier alpha value is -2.92. The molecule has 1 amide bonds. The highest BCUT2D eigenvalue weighted by Crippen LogP contribution is 2.18. The van der Waals surface area contributed by atoms with Gasteiger partial charge in [-0.3, -0.25) is 9.69 Å². The second-order valence-corrected chi connectivity index (χ2v) is 6.47. The monoisotopic (exact) mass is 346 g/mol. The first-order chi connectivity index (χ1) is 12.8. The van der Waals surface area contributed by atoms with Gasteiger partial charge < -0.3 is 9.47 Å². The SMILES string of the molecule is O=C1CN(CCn2ccnc2-c2ccccc2)CCN1c1ccccc1. The van der Waals surface area contributed by atoms with Gasteiger partial charge in [-0.1, -0.05) is 48.5 Å². The number of aromatic nitrogens is 2. The van der Waals surface area contributed by atoms with Crippen LogP contribution in [0.25, 0.3) is 11.4 Å². The lowest BCUT2D eigenvalue weighted by Crippen LogP contribution is -2.51. The first-order valence-corrected chi connectivity index (χ1v) is 8.95. The Morgan fingerprint density at radius 2 is 1.62 bits per heavy atom. The largest absolute Gasteiger partial charge is 0.330 e. The van der Waals surface area contributed by atoms with E-state index in [0.717, 1.165) is 43.3 Å². The highest BCUT2D eigenvalue weighted by atomic mass is 16.2. The first kappa shape index (κ1) is 16.5. The van der Waals surface area contributed by atoms with E-state index in [1.165, 1.54) is 0 Å². The number of amides is 1. The molecule has 2 aromatic carbocycles. The molecule has 1 aliphatic rings. The minimum absolute atomic E-state index is 0.163. The summed E-state index contributed by atoms with van der Waals surface area (Å²) in [5.74, 6) is 1.14. The van der Waals surface area contributed by atoms with Gasteiger partial charge in [-0.25, -0.2) is 4.98 Å². The van der Waals surface area contributed by atoms with Crippen LogP contribution in [0.2, 0.25) is 0 Å². The number of piperazine rings is 1. The smallest absolute Gasteiger partial charge is 0.241 e. The maximum atomic E-state index is 12.5. The summed E-state index contributed by atoms with van der Waals surface area (Å²) in [4.78, 5) is 21.1. The summed E-state index contributed by atoms with van der Waals surface area (Å²) in [5, 5.41) is 0. The molecule has 1 fully saturated rings. The first-order valence-electron chi connectivity index (χ1n) is 8.95. The van der Waals surface area contributed by atoms with Crippen molar-refractivity contribution >= 4 is 11.6 Å². The normalized spacial score (nSPS) is 15.4. The van der Waals surface area contributed by atoms with Gasteiger partial charge in [0.25, 0.3) is 0 Å². The van der Waals surface area contributed by atoms with Gasteiger partial charge >= 0.3 is 0 Å². The van der Waals surface area contributed by atoms with Crippen LogP contribution in [-0.2, 0) is 11.3 Å². The summed E-state index contributed by atoms with van der Waals surface area (Å²) in [7, 11) is 0. The summed E-state index contributed by atoms with van der Waals surface area (Å²) in [6, 6.07) is 20.1. The van der Waals surface area contributed by atoms with Crippen LogP contribution in [0.3, 0.4) is 0 Å². The number of hydrogen-bond donors (Lipinski definition) is 0. The number of hydrogen-bond acceptors (Lipinski definition) is 3. The number of carbonyl (C=O) groups is 1. The van der Waals surface area contributed by atoms with Crippen molar-refractivity contribution in [3.63, 3.8) is 0 Å². The molecule has 0 bridgehead atoms. The molecule has 5 heteroatoms. The fourth-order valence-corrected chi connectivity index (χ4v) is 3.38. The number of nitrogens with zero attached hydrogens (tertiary/aromatic N) is 4. The third-order valence-electron chi connectivity index (χ3n) is 4.77. The molecule has 0 saturated carbocycles. The molecule has 1 aromatic heterocycles. The Bertz CT molecular complexity index is 860. The number of benzene rings is 2. The van der Waals surface area contributed by atoms with Crippen molar-refractivity contribution < 1.29 is 4.79 Å². The molecule has 0 N–H and O–H groups in total. The zero-order chi connectivity index (χ0) is 17.8. The summed E-state index contributed by atoms with van der Waals surface area (Å²) in [6.07, 6.45) is 3.84. The number of rotatable bonds is 5. The number of para-hydroxylation sites is 1. The molecule has 4 rings (SSSR count). The molecule has 1 saturated heterocycles. The molecule has 26 heavy (non-hydrogen) atoms. The highest BCUT2D eigenvalue weighted by Gasteiger charge is 2.24. The predicted octanol–water partition coefficient (Wildman–Crippen LogP) is 2.90. The molecule has 0 spiro atoms. The molecule has 0 radical (unpaired) electrons. The number of imidazole rings is 1. The topological polar surface area (TPSA) is 41.4 Å². The average molecular weight is 346 g/mol. The van der Waals surface area contributed by atoms with Gasteiger partial charge in [-0.2, -0.15) is 0 Å². The van der Waals surface area contributed by atoms with Crippen molar-refractivity contribution in [1.82, 2.24) is 14.5 Å². The van der Waals surface area contributed by atoms with E-state index in [0.29, 0.717) is 6.54 Å². The van der Waals surface area contributed by atoms with Gasteiger partial charge in [0, 0.05) is 49.8 Å². The van der Waals surface area contributed by atoms with Gasteiger partial charge in [-0.15, -0.1) is 0 Å². The minimum Gasteiger partial charge on any atom is -0.330 e. The van der Waals surface area contributed by atoms with Crippen LogP contribution in [-0.4, -0.2) is 46.5 Å². The van der Waals surface area contributed by atoms with E-state index in [1.807, 2.05) is 65.8 Å². The number of anilines is 1. The Balaban J connectivity index is 1.37. The molecular weight excluding hydrogens is 324 g/mol. The Kier molecular flexibility index (Phi) is 4.80. The van der Waals surface area contributed by atoms with E-state index in [4.69, 9.17) is 0 Å². The van der Waals surface area contributed by atoms with Crippen molar-refractivity contribution in [2.24, 2.45) is 0 Å². The van der Waals surface area contributed by atoms with Crippen molar-refractivity contribution in [2.45, 2.75) is 6.54 Å². The van der Waals surface area contributed by atoms with Crippen LogP contribution in [0.4, 0.5) is 5.69 Å². The Morgan fingerprint density at radius 1 is 0.885 bits per heavy atom. The molecule has 132 valence electrons. The molecule has 3 aromatic rings. The fourth-order valence-electron chi connectivity index (χ4n) is 3.38. The average Bonchev–Trinajstić information content (AvgIpc) is 3.16. The second-order valence-electron chi connectivity index (χ2n) is 6.47. The summed E-state index contributed by atoms with van der Waals surface area (Å²) >= 11 is 0. The van der Waals surface area contributed by atoms with Crippen LogP contribution in [0.5, 0.6) is 0 Å². The van der Waals surface area contributed by atoms with Crippen molar-refractivity contribution in [3.05, 3.63) is 73.1 Å². The summed E-state index contributed by atoms with van der Waals surface area (Å²) < 4.78 is 2.16. The van der Waals surface area contributed by atoms with Crippen molar-refractivity contribution in [1.29, 1.82) is 0 Å². The fraction of sp³-hybridized carbons (Fsp3) is 0.238. The highest BCUT2D eigenvalue weighted by molar-refractivity contribution is 5.95. The van der Waals surface area contributed by atoms with Gasteiger partial charge in [0.05, 0.1) is 6.54 Å². The zero-order valence-electron chi connectivity index (χ0n) is 14.7. The lowest BCUT2D eigenvalue weighted by Gasteiger charge is -2.34. The van der Waals surface area contributed by atoms with Crippen molar-refractivity contribution in [3.8, 4) is 11.4 Å². The standard InChI is InChI=1S/C21H22N4O/c26-20-17-23(14-16-25(20)19-9-5-2-6-10-19)13-15-24-12-11-22-21(24)18-7-3-1-4-8-18/h1-12H,13-17H2. The van der Waals surface area contributed by atoms with Gasteiger partial charge in [-0.05, 0) is 12.1 Å². The van der Waals surface area contributed by atoms with E-state index in [1.54, 1.807) is 0 Å². The van der Waals surface area contributed by atoms with Crippen LogP contribution >= 0.6 is 0 Å². The minimum atomic E-state index is 0.163. The quantitative estimate of drug-likeness (QED) is 0.713. The third kappa shape index (κ3) is 3.53. The molecule has 0 unspecified atom stereocenters. The van der Waals surface area contributed by atoms with Gasteiger partial charge in [0.1, 0.15) is 5.82 Å². The van der Waals surface area contributed by atoms with Crippen LogP contribution in [0.15, 0.2) is 73.1 Å². The van der Waals surface area contributed by atoms with Crippen LogP contribution < -0.4 is 4.90 Å². The molecule has 2 heterocycles. The predicted molar refractivity (Wildman–Crippen MR) is 103 cm³/mol. The van der Waals surface area contributed by atoms with Crippen LogP contribution in [0, 0.1) is 0 Å². The number of carbonyl (C=O) groups excluding carboxylic acids is 1. The van der Waals surface area contributed by atoms with Gasteiger partial charge in [0.2, 0.25) is 5.91 Å². The van der Waals surface area contributed by atoms with E-state index < -0.39 is 0 Å². The van der Waals surface area contributed by atoms with E-state index in [2.05, 4.69) is 26.6 Å². The molecule has 0 atom stereocenters. The summed E-state index contributed by atoms with van der Waals surface area (Å²) in [6.45, 7) is 3.74. The van der Waals surface area contributed by atoms with E-state index >= 15 is 0 Å². The Morgan fingerprint density at radius 3 is 2.35 bits per heavy atom. The maximum absolute atomic E-state index is 12.5. The lowest BCUT2D eigenvalue weighted by molar-refractivity contribution is -0.121. The van der Waals surface area contributed by atoms with Crippen molar-refractivity contribution in [2.75, 3.05) is 31.1 Å². The lowest BCUT2D eigenvalue weighted by atomic mass is 10.2. The second kappa shape index (κ2) is 7.54. The third-order valence-corrected chi connectivity index (χ3v) is 4.77. The van der Waals surface area contributed by atoms with Crippen LogP contribution in [0.1, 0.15) is 0 Å². The molecule has 5 nitrogen and oxygen atoms in total. The maximum Gasteiger partial charge on any atom is 0.241 e. The Labute approximate surface area is 153 Å².